The van der Waals surface area contributed by atoms with Crippen molar-refractivity contribution in [2.24, 2.45) is 0 Å². The summed E-state index contributed by atoms with van der Waals surface area (Å²) in [4.78, 5) is 10.4. The molecule has 3 nitrogen and oxygen atoms in total. The van der Waals surface area contributed by atoms with Gasteiger partial charge in [0, 0.05) is 18.4 Å². The van der Waals surface area contributed by atoms with E-state index in [9.17, 15) is 4.79 Å². The van der Waals surface area contributed by atoms with Crippen LogP contribution in [0.5, 0.6) is 0 Å². The second-order valence-corrected chi connectivity index (χ2v) is 3.39. The molecule has 1 aliphatic rings. The third-order valence-electron chi connectivity index (χ3n) is 2.19. The third kappa shape index (κ3) is 3.64. The van der Waals surface area contributed by atoms with Crippen LogP contribution in [0.15, 0.2) is 23.5 Å². The van der Waals surface area contributed by atoms with E-state index in [-0.39, 0.29) is 0 Å². The van der Waals surface area contributed by atoms with Crippen LogP contribution in [0.25, 0.3) is 0 Å². The molecular formula is C11H16O3. The first kappa shape index (κ1) is 10.8. The molecule has 14 heavy (non-hydrogen) atoms. The fourth-order valence-corrected chi connectivity index (χ4v) is 1.33. The Kier molecular flexibility index (Phi) is 4.23. The van der Waals surface area contributed by atoms with Crippen LogP contribution >= 0.6 is 0 Å². The van der Waals surface area contributed by atoms with E-state index in [0.29, 0.717) is 18.6 Å². The smallest absolute Gasteiger partial charge is 0.330 e. The Morgan fingerprint density at radius 3 is 3.07 bits per heavy atom. The van der Waals surface area contributed by atoms with Crippen molar-refractivity contribution >= 4 is 5.97 Å². The first-order chi connectivity index (χ1) is 6.70. The molecule has 78 valence electrons. The molecule has 0 unspecified atom stereocenters. The topological polar surface area (TPSA) is 46.5 Å². The van der Waals surface area contributed by atoms with Crippen LogP contribution < -0.4 is 0 Å². The van der Waals surface area contributed by atoms with Crippen LogP contribution in [0, 0.1) is 0 Å². The molecule has 0 bridgehead atoms. The van der Waals surface area contributed by atoms with E-state index in [1.54, 1.807) is 13.0 Å². The summed E-state index contributed by atoms with van der Waals surface area (Å²) in [6.07, 6.45) is 7.78. The summed E-state index contributed by atoms with van der Waals surface area (Å²) in [5.74, 6) is 0.205. The number of carboxylic acid groups (broad SMARTS) is 1. The van der Waals surface area contributed by atoms with Crippen LogP contribution in [0.2, 0.25) is 0 Å². The first-order valence-electron chi connectivity index (χ1n) is 4.92. The molecule has 0 atom stereocenters. The van der Waals surface area contributed by atoms with Crippen LogP contribution in [0.4, 0.5) is 0 Å². The van der Waals surface area contributed by atoms with Crippen LogP contribution in [-0.4, -0.2) is 17.7 Å². The lowest BCUT2D eigenvalue weighted by atomic mass is 10.2. The summed E-state index contributed by atoms with van der Waals surface area (Å²) >= 11 is 0. The maximum absolute atomic E-state index is 10.4. The molecule has 0 aromatic carbocycles. The van der Waals surface area contributed by atoms with Crippen molar-refractivity contribution in [3.05, 3.63) is 23.5 Å². The van der Waals surface area contributed by atoms with E-state index >= 15 is 0 Å². The number of rotatable bonds is 5. The monoisotopic (exact) mass is 196 g/mol. The molecule has 0 fully saturated rings. The number of aliphatic carboxylic acids is 1. The van der Waals surface area contributed by atoms with E-state index in [2.05, 4.69) is 6.08 Å². The highest BCUT2D eigenvalue weighted by Crippen LogP contribution is 2.18. The van der Waals surface area contributed by atoms with Gasteiger partial charge in [-0.05, 0) is 25.8 Å². The van der Waals surface area contributed by atoms with Crippen LogP contribution in [0.3, 0.4) is 0 Å². The Bertz CT molecular complexity index is 264. The molecule has 1 N–H and O–H groups in total. The van der Waals surface area contributed by atoms with Gasteiger partial charge in [-0.2, -0.15) is 0 Å². The van der Waals surface area contributed by atoms with Gasteiger partial charge in [-0.3, -0.25) is 0 Å². The van der Waals surface area contributed by atoms with E-state index < -0.39 is 5.97 Å². The average Bonchev–Trinajstić information content (AvgIpc) is 2.64. The Hall–Kier alpha value is -1.25. The third-order valence-corrected chi connectivity index (χ3v) is 2.19. The minimum Gasteiger partial charge on any atom is -0.498 e. The summed E-state index contributed by atoms with van der Waals surface area (Å²) in [6, 6.07) is 0. The lowest BCUT2D eigenvalue weighted by molar-refractivity contribution is -0.132. The predicted octanol–water partition coefficient (Wildman–Crippen LogP) is 2.49. The normalized spacial score (nSPS) is 16.6. The highest BCUT2D eigenvalue weighted by Gasteiger charge is 2.04. The maximum Gasteiger partial charge on any atom is 0.330 e. The largest absolute Gasteiger partial charge is 0.498 e. The van der Waals surface area contributed by atoms with Crippen molar-refractivity contribution in [2.75, 3.05) is 6.61 Å². The average molecular weight is 196 g/mol. The lowest BCUT2D eigenvalue weighted by Crippen LogP contribution is -1.97. The van der Waals surface area contributed by atoms with Crippen molar-refractivity contribution in [3.63, 3.8) is 0 Å². The Labute approximate surface area is 84.1 Å². The molecule has 0 heterocycles. The van der Waals surface area contributed by atoms with Gasteiger partial charge in [-0.25, -0.2) is 4.79 Å². The zero-order valence-electron chi connectivity index (χ0n) is 8.45. The molecule has 0 aromatic heterocycles. The Morgan fingerprint density at radius 2 is 2.50 bits per heavy atom. The quantitative estimate of drug-likeness (QED) is 0.542. The van der Waals surface area contributed by atoms with Gasteiger partial charge in [0.2, 0.25) is 0 Å². The number of carboxylic acids is 1. The van der Waals surface area contributed by atoms with Crippen LogP contribution in [0.1, 0.15) is 32.6 Å². The van der Waals surface area contributed by atoms with Gasteiger partial charge < -0.3 is 9.84 Å². The molecule has 0 saturated carbocycles. The second-order valence-electron chi connectivity index (χ2n) is 3.39. The van der Waals surface area contributed by atoms with E-state index in [0.717, 1.165) is 18.6 Å². The summed E-state index contributed by atoms with van der Waals surface area (Å²) in [6.45, 7) is 2.17. The van der Waals surface area contributed by atoms with Crippen molar-refractivity contribution in [1.29, 1.82) is 0 Å². The van der Waals surface area contributed by atoms with Crippen molar-refractivity contribution in [3.8, 4) is 0 Å². The fourth-order valence-electron chi connectivity index (χ4n) is 1.33. The first-order valence-corrected chi connectivity index (χ1v) is 4.92. The van der Waals surface area contributed by atoms with Crippen molar-refractivity contribution < 1.29 is 14.6 Å². The number of hydrogen-bond donors (Lipinski definition) is 1. The number of ether oxygens (including phenoxy) is 1. The van der Waals surface area contributed by atoms with Gasteiger partial charge in [-0.15, -0.1) is 0 Å². The maximum atomic E-state index is 10.4. The number of allylic oxidation sites excluding steroid dienone is 2. The molecule has 0 aromatic rings. The molecule has 1 aliphatic carbocycles. The van der Waals surface area contributed by atoms with Gasteiger partial charge >= 0.3 is 5.97 Å². The molecule has 3 heteroatoms. The lowest BCUT2D eigenvalue weighted by Gasteiger charge is -2.04. The minimum absolute atomic E-state index is 0.383. The highest BCUT2D eigenvalue weighted by atomic mass is 16.5. The summed E-state index contributed by atoms with van der Waals surface area (Å²) in [5, 5.41) is 8.57. The minimum atomic E-state index is -0.856. The molecule has 1 rings (SSSR count). The summed E-state index contributed by atoms with van der Waals surface area (Å²) in [7, 11) is 0. The Morgan fingerprint density at radius 1 is 1.71 bits per heavy atom. The summed E-state index contributed by atoms with van der Waals surface area (Å²) < 4.78 is 5.46. The van der Waals surface area contributed by atoms with Gasteiger partial charge in [0.1, 0.15) is 0 Å². The highest BCUT2D eigenvalue weighted by molar-refractivity contribution is 5.85. The molecule has 0 amide bonds. The fraction of sp³-hybridized carbons (Fsp3) is 0.545. The second kappa shape index (κ2) is 5.47. The molecule has 0 spiro atoms. The van der Waals surface area contributed by atoms with Crippen LogP contribution in [-0.2, 0) is 9.53 Å². The summed E-state index contributed by atoms with van der Waals surface area (Å²) in [5.41, 5.74) is 0.383. The molecule has 0 aliphatic heterocycles. The molecule has 0 radical (unpaired) electrons. The molecular weight excluding hydrogens is 180 g/mol. The molecule has 0 saturated heterocycles. The van der Waals surface area contributed by atoms with E-state index in [4.69, 9.17) is 9.84 Å². The zero-order valence-corrected chi connectivity index (χ0v) is 8.45. The Balaban J connectivity index is 2.15. The van der Waals surface area contributed by atoms with Gasteiger partial charge in [0.05, 0.1) is 12.4 Å². The number of carbonyl (C=O) groups is 1. The zero-order chi connectivity index (χ0) is 10.4. The van der Waals surface area contributed by atoms with Gasteiger partial charge in [0.25, 0.3) is 0 Å². The van der Waals surface area contributed by atoms with Crippen molar-refractivity contribution in [1.82, 2.24) is 0 Å². The standard InChI is InChI=1S/C11H16O3/c1-9(11(12)13)5-4-8-14-10-6-2-3-7-10/h5-6H,2-4,7-8H2,1H3,(H,12,13). The van der Waals surface area contributed by atoms with Gasteiger partial charge in [-0.1, -0.05) is 6.08 Å². The number of hydrogen-bond acceptors (Lipinski definition) is 2. The van der Waals surface area contributed by atoms with Gasteiger partial charge in [0.15, 0.2) is 0 Å². The SMILES string of the molecule is CC(=CCCOC1=CCCC1)C(=O)O. The van der Waals surface area contributed by atoms with Crippen molar-refractivity contribution in [2.45, 2.75) is 32.6 Å². The van der Waals surface area contributed by atoms with E-state index in [1.165, 1.54) is 6.42 Å². The predicted molar refractivity (Wildman–Crippen MR) is 53.9 cm³/mol. The van der Waals surface area contributed by atoms with E-state index in [1.807, 2.05) is 0 Å².